The zero-order valence-corrected chi connectivity index (χ0v) is 9.17. The molecule has 2 heteroatoms. The van der Waals surface area contributed by atoms with Crippen LogP contribution < -0.4 is 5.73 Å². The van der Waals surface area contributed by atoms with E-state index in [1.54, 1.807) is 12.1 Å². The molecular formula is C12H19NO. The number of hydrogen-bond acceptors (Lipinski definition) is 2. The van der Waals surface area contributed by atoms with Gasteiger partial charge in [-0.3, -0.25) is 0 Å². The van der Waals surface area contributed by atoms with Crippen molar-refractivity contribution in [3.63, 3.8) is 0 Å². The molecule has 1 aromatic carbocycles. The van der Waals surface area contributed by atoms with Gasteiger partial charge in [0.1, 0.15) is 5.75 Å². The van der Waals surface area contributed by atoms with Gasteiger partial charge in [-0.2, -0.15) is 0 Å². The first-order valence-corrected chi connectivity index (χ1v) is 5.12. The van der Waals surface area contributed by atoms with Gasteiger partial charge in [-0.1, -0.05) is 13.3 Å². The molecule has 0 saturated heterocycles. The summed E-state index contributed by atoms with van der Waals surface area (Å²) < 4.78 is 0. The minimum absolute atomic E-state index is 0.0978. The smallest absolute Gasteiger partial charge is 0.116 e. The fraction of sp³-hybridized carbons (Fsp3) is 0.500. The quantitative estimate of drug-likeness (QED) is 0.775. The van der Waals surface area contributed by atoms with Crippen LogP contribution in [-0.4, -0.2) is 5.11 Å². The van der Waals surface area contributed by atoms with Gasteiger partial charge < -0.3 is 10.8 Å². The summed E-state index contributed by atoms with van der Waals surface area (Å²) in [6.07, 6.45) is 2.08. The number of phenols is 1. The van der Waals surface area contributed by atoms with Crippen molar-refractivity contribution in [1.82, 2.24) is 0 Å². The lowest BCUT2D eigenvalue weighted by molar-refractivity contribution is 0.473. The number of aromatic hydroxyl groups is 1. The number of hydrogen-bond donors (Lipinski definition) is 2. The van der Waals surface area contributed by atoms with Crippen LogP contribution in [0.1, 0.15) is 42.5 Å². The maximum atomic E-state index is 9.39. The van der Waals surface area contributed by atoms with Crippen molar-refractivity contribution in [3.8, 4) is 5.75 Å². The molecule has 0 aromatic heterocycles. The molecule has 0 bridgehead atoms. The third kappa shape index (κ3) is 2.26. The highest BCUT2D eigenvalue weighted by Gasteiger charge is 2.11. The first-order valence-electron chi connectivity index (χ1n) is 5.12. The predicted octanol–water partition coefficient (Wildman–Crippen LogP) is 2.81. The highest BCUT2D eigenvalue weighted by molar-refractivity contribution is 5.42. The Labute approximate surface area is 85.8 Å². The largest absolute Gasteiger partial charge is 0.508 e. The number of benzene rings is 1. The number of nitrogens with two attached hydrogens (primary N) is 1. The van der Waals surface area contributed by atoms with Crippen LogP contribution in [0.4, 0.5) is 0 Å². The van der Waals surface area contributed by atoms with Crippen LogP contribution in [0.5, 0.6) is 5.75 Å². The lowest BCUT2D eigenvalue weighted by Crippen LogP contribution is -2.12. The lowest BCUT2D eigenvalue weighted by Gasteiger charge is -2.17. The lowest BCUT2D eigenvalue weighted by atomic mass is 9.94. The van der Waals surface area contributed by atoms with E-state index in [0.29, 0.717) is 5.75 Å². The van der Waals surface area contributed by atoms with E-state index in [2.05, 4.69) is 6.92 Å². The second kappa shape index (κ2) is 4.47. The molecule has 0 heterocycles. The molecule has 2 nitrogen and oxygen atoms in total. The van der Waals surface area contributed by atoms with Crippen LogP contribution in [0.15, 0.2) is 12.1 Å². The molecule has 0 aliphatic rings. The maximum absolute atomic E-state index is 9.39. The van der Waals surface area contributed by atoms with Crippen LogP contribution in [-0.2, 0) is 0 Å². The Morgan fingerprint density at radius 1 is 1.29 bits per heavy atom. The number of rotatable bonds is 3. The summed E-state index contributed by atoms with van der Waals surface area (Å²) in [6.45, 7) is 6.13. The molecule has 1 rings (SSSR count). The summed E-state index contributed by atoms with van der Waals surface area (Å²) in [5.41, 5.74) is 9.43. The molecule has 1 aromatic rings. The molecule has 0 spiro atoms. The molecule has 0 radical (unpaired) electrons. The number of phenolic OH excluding ortho intramolecular Hbond substituents is 1. The molecule has 1 atom stereocenters. The van der Waals surface area contributed by atoms with Gasteiger partial charge >= 0.3 is 0 Å². The summed E-state index contributed by atoms with van der Waals surface area (Å²) >= 11 is 0. The van der Waals surface area contributed by atoms with Crippen LogP contribution in [0.2, 0.25) is 0 Å². The van der Waals surface area contributed by atoms with Gasteiger partial charge in [0.2, 0.25) is 0 Å². The Bertz CT molecular complexity index is 297. The van der Waals surface area contributed by atoms with Gasteiger partial charge in [0.15, 0.2) is 0 Å². The summed E-state index contributed by atoms with van der Waals surface area (Å²) in [5, 5.41) is 9.39. The van der Waals surface area contributed by atoms with Crippen molar-refractivity contribution >= 4 is 0 Å². The van der Waals surface area contributed by atoms with E-state index in [4.69, 9.17) is 5.73 Å². The van der Waals surface area contributed by atoms with Gasteiger partial charge in [-0.05, 0) is 49.1 Å². The third-order valence-corrected chi connectivity index (χ3v) is 2.55. The van der Waals surface area contributed by atoms with Gasteiger partial charge in [-0.25, -0.2) is 0 Å². The van der Waals surface area contributed by atoms with Gasteiger partial charge in [-0.15, -0.1) is 0 Å². The minimum atomic E-state index is 0.0978. The molecule has 0 aliphatic heterocycles. The Morgan fingerprint density at radius 2 is 1.79 bits per heavy atom. The first-order chi connectivity index (χ1) is 6.56. The summed E-state index contributed by atoms with van der Waals surface area (Å²) in [6, 6.07) is 3.65. The van der Waals surface area contributed by atoms with Gasteiger partial charge in [0, 0.05) is 6.04 Å². The fourth-order valence-corrected chi connectivity index (χ4v) is 1.99. The Hall–Kier alpha value is -1.02. The summed E-state index contributed by atoms with van der Waals surface area (Å²) in [4.78, 5) is 0. The molecule has 1 unspecified atom stereocenters. The zero-order chi connectivity index (χ0) is 10.7. The van der Waals surface area contributed by atoms with Crippen molar-refractivity contribution in [3.05, 3.63) is 28.8 Å². The second-order valence-electron chi connectivity index (χ2n) is 3.89. The van der Waals surface area contributed by atoms with Crippen LogP contribution in [0.3, 0.4) is 0 Å². The Balaban J connectivity index is 3.07. The number of aryl methyl sites for hydroxylation is 2. The zero-order valence-electron chi connectivity index (χ0n) is 9.17. The molecule has 3 N–H and O–H groups in total. The predicted molar refractivity (Wildman–Crippen MR) is 59.4 cm³/mol. The van der Waals surface area contributed by atoms with Gasteiger partial charge in [0.05, 0.1) is 0 Å². The first kappa shape index (κ1) is 11.1. The van der Waals surface area contributed by atoms with Gasteiger partial charge in [0.25, 0.3) is 0 Å². The average Bonchev–Trinajstić information content (AvgIpc) is 2.01. The van der Waals surface area contributed by atoms with Crippen molar-refractivity contribution in [2.45, 2.75) is 39.7 Å². The minimum Gasteiger partial charge on any atom is -0.508 e. The van der Waals surface area contributed by atoms with E-state index in [1.807, 2.05) is 13.8 Å². The summed E-state index contributed by atoms with van der Waals surface area (Å²) in [5.74, 6) is 0.326. The Morgan fingerprint density at radius 3 is 2.21 bits per heavy atom. The standard InChI is InChI=1S/C12H19NO/c1-4-5-11(13)12-8(2)6-10(14)7-9(12)3/h6-7,11,14H,4-5,13H2,1-3H3. The van der Waals surface area contributed by atoms with Crippen molar-refractivity contribution < 1.29 is 5.11 Å². The van der Waals surface area contributed by atoms with Crippen LogP contribution in [0, 0.1) is 13.8 Å². The van der Waals surface area contributed by atoms with E-state index in [-0.39, 0.29) is 6.04 Å². The average molecular weight is 193 g/mol. The topological polar surface area (TPSA) is 46.2 Å². The van der Waals surface area contributed by atoms with Crippen molar-refractivity contribution in [2.75, 3.05) is 0 Å². The van der Waals surface area contributed by atoms with E-state index in [9.17, 15) is 5.11 Å². The Kier molecular flexibility index (Phi) is 3.53. The SMILES string of the molecule is CCCC(N)c1c(C)cc(O)cc1C. The van der Waals surface area contributed by atoms with E-state index in [0.717, 1.165) is 24.0 Å². The van der Waals surface area contributed by atoms with E-state index >= 15 is 0 Å². The molecule has 0 aliphatic carbocycles. The maximum Gasteiger partial charge on any atom is 0.116 e. The molecule has 0 amide bonds. The highest BCUT2D eigenvalue weighted by Crippen LogP contribution is 2.27. The monoisotopic (exact) mass is 193 g/mol. The molecule has 78 valence electrons. The molecule has 0 saturated carbocycles. The van der Waals surface area contributed by atoms with Crippen LogP contribution >= 0.6 is 0 Å². The highest BCUT2D eigenvalue weighted by atomic mass is 16.3. The van der Waals surface area contributed by atoms with Crippen molar-refractivity contribution in [2.24, 2.45) is 5.73 Å². The van der Waals surface area contributed by atoms with E-state index in [1.165, 1.54) is 5.56 Å². The molecule has 14 heavy (non-hydrogen) atoms. The second-order valence-corrected chi connectivity index (χ2v) is 3.89. The normalized spacial score (nSPS) is 12.9. The molecular weight excluding hydrogens is 174 g/mol. The molecule has 0 fully saturated rings. The fourth-order valence-electron chi connectivity index (χ4n) is 1.99. The van der Waals surface area contributed by atoms with E-state index < -0.39 is 0 Å². The summed E-state index contributed by atoms with van der Waals surface area (Å²) in [7, 11) is 0. The van der Waals surface area contributed by atoms with Crippen molar-refractivity contribution in [1.29, 1.82) is 0 Å². The third-order valence-electron chi connectivity index (χ3n) is 2.55. The van der Waals surface area contributed by atoms with Crippen LogP contribution in [0.25, 0.3) is 0 Å².